The highest BCUT2D eigenvalue weighted by Crippen LogP contribution is 2.27. The average Bonchev–Trinajstić information content (AvgIpc) is 3.52. The molecule has 0 aliphatic carbocycles. The van der Waals surface area contributed by atoms with Crippen LogP contribution in [0, 0.1) is 11.3 Å². The summed E-state index contributed by atoms with van der Waals surface area (Å²) in [5.74, 6) is -0.562. The maximum atomic E-state index is 14.2. The Morgan fingerprint density at radius 1 is 1.35 bits per heavy atom. The van der Waals surface area contributed by atoms with Crippen LogP contribution in [0.5, 0.6) is 0 Å². The standard InChI is InChI=1S/C25H28FN7O4/c1-25(2,36)22(26)13-29-23(34)18-12-28-20(21-5-4-17-8-15(10-27)11-30-33(17)21)9-19(18)31-16-6-7-32(14-16)24(35)37-3/h4-5,8-9,11-12,16,22,36H,6-7,13-14H2,1-3H3,(H,28,31)(H,29,34)/t16-,22?/m0/s1. The van der Waals surface area contributed by atoms with Crippen LogP contribution in [0.4, 0.5) is 14.9 Å². The summed E-state index contributed by atoms with van der Waals surface area (Å²) in [5.41, 5.74) is 1.31. The lowest BCUT2D eigenvalue weighted by molar-refractivity contribution is -0.00177. The molecule has 2 atom stereocenters. The van der Waals surface area contributed by atoms with Gasteiger partial charge in [0.1, 0.15) is 12.2 Å². The molecule has 12 heteroatoms. The van der Waals surface area contributed by atoms with Crippen LogP contribution in [0.25, 0.3) is 16.9 Å². The van der Waals surface area contributed by atoms with E-state index in [0.717, 1.165) is 0 Å². The molecule has 3 N–H and O–H groups in total. The lowest BCUT2D eigenvalue weighted by atomic mass is 10.0. The lowest BCUT2D eigenvalue weighted by Gasteiger charge is -2.23. The fourth-order valence-corrected chi connectivity index (χ4v) is 4.07. The van der Waals surface area contributed by atoms with Crippen LogP contribution in [0.15, 0.2) is 36.7 Å². The maximum absolute atomic E-state index is 14.2. The summed E-state index contributed by atoms with van der Waals surface area (Å²) in [6, 6.07) is 8.91. The van der Waals surface area contributed by atoms with E-state index in [1.165, 1.54) is 33.4 Å². The van der Waals surface area contributed by atoms with E-state index in [2.05, 4.69) is 26.8 Å². The number of rotatable bonds is 7. The van der Waals surface area contributed by atoms with Crippen LogP contribution >= 0.6 is 0 Å². The van der Waals surface area contributed by atoms with E-state index in [9.17, 15) is 19.1 Å². The van der Waals surface area contributed by atoms with Crippen molar-refractivity contribution in [2.75, 3.05) is 32.1 Å². The van der Waals surface area contributed by atoms with Gasteiger partial charge in [-0.05, 0) is 44.5 Å². The number of fused-ring (bicyclic) bond motifs is 1. The van der Waals surface area contributed by atoms with Crippen molar-refractivity contribution in [1.29, 1.82) is 5.26 Å². The van der Waals surface area contributed by atoms with E-state index in [0.29, 0.717) is 47.7 Å². The van der Waals surface area contributed by atoms with E-state index in [1.54, 1.807) is 27.6 Å². The SMILES string of the molecule is COC(=O)N1CC[C@H](Nc2cc(-c3ccc4cc(C#N)cnn34)ncc2C(=O)NCC(F)C(C)(C)O)C1. The van der Waals surface area contributed by atoms with Crippen molar-refractivity contribution in [3.63, 3.8) is 0 Å². The second-order valence-electron chi connectivity index (χ2n) is 9.40. The van der Waals surface area contributed by atoms with Crippen molar-refractivity contribution in [3.05, 3.63) is 47.8 Å². The number of carbonyl (C=O) groups is 2. The number of ether oxygens (including phenoxy) is 1. The maximum Gasteiger partial charge on any atom is 0.409 e. The number of hydrogen-bond donors (Lipinski definition) is 3. The molecule has 0 aromatic carbocycles. The summed E-state index contributed by atoms with van der Waals surface area (Å²) in [4.78, 5) is 30.9. The smallest absolute Gasteiger partial charge is 0.409 e. The number of hydrogen-bond acceptors (Lipinski definition) is 8. The Hall–Kier alpha value is -4.24. The van der Waals surface area contributed by atoms with Crippen molar-refractivity contribution >= 4 is 23.2 Å². The van der Waals surface area contributed by atoms with E-state index in [1.807, 2.05) is 6.07 Å². The first kappa shape index (κ1) is 25.8. The summed E-state index contributed by atoms with van der Waals surface area (Å²) in [6.45, 7) is 3.15. The highest BCUT2D eigenvalue weighted by molar-refractivity contribution is 6.00. The Balaban J connectivity index is 1.65. The molecule has 1 aliphatic heterocycles. The number of carbonyl (C=O) groups excluding carboxylic acids is 2. The van der Waals surface area contributed by atoms with E-state index < -0.39 is 23.8 Å². The molecule has 1 saturated heterocycles. The van der Waals surface area contributed by atoms with Crippen molar-refractivity contribution < 1.29 is 23.8 Å². The molecule has 4 rings (SSSR count). The molecule has 1 unspecified atom stereocenters. The number of likely N-dealkylation sites (tertiary alicyclic amines) is 1. The van der Waals surface area contributed by atoms with Crippen molar-refractivity contribution in [2.24, 2.45) is 0 Å². The molecule has 0 bridgehead atoms. The second-order valence-corrected chi connectivity index (χ2v) is 9.40. The van der Waals surface area contributed by atoms with Crippen LogP contribution in [0.2, 0.25) is 0 Å². The third-order valence-electron chi connectivity index (χ3n) is 6.23. The molecule has 0 saturated carbocycles. The van der Waals surface area contributed by atoms with Gasteiger partial charge in [-0.15, -0.1) is 0 Å². The largest absolute Gasteiger partial charge is 0.453 e. The number of alkyl halides is 1. The molecule has 2 amide bonds. The zero-order valence-corrected chi connectivity index (χ0v) is 20.7. The number of anilines is 1. The average molecular weight is 510 g/mol. The number of aliphatic hydroxyl groups is 1. The molecule has 3 aromatic rings. The van der Waals surface area contributed by atoms with E-state index in [-0.39, 0.29) is 18.2 Å². The summed E-state index contributed by atoms with van der Waals surface area (Å²) < 4.78 is 20.7. The predicted molar refractivity (Wildman–Crippen MR) is 133 cm³/mol. The minimum absolute atomic E-state index is 0.161. The molecular formula is C25H28FN7O4. The molecule has 0 spiro atoms. The third-order valence-corrected chi connectivity index (χ3v) is 6.23. The minimum Gasteiger partial charge on any atom is -0.453 e. The highest BCUT2D eigenvalue weighted by atomic mass is 19.1. The summed E-state index contributed by atoms with van der Waals surface area (Å²) in [6.07, 6.45) is 1.38. The number of nitriles is 1. The fourth-order valence-electron chi connectivity index (χ4n) is 4.07. The predicted octanol–water partition coefficient (Wildman–Crippen LogP) is 2.36. The third kappa shape index (κ3) is 5.62. The van der Waals surface area contributed by atoms with Gasteiger partial charge in [-0.25, -0.2) is 13.7 Å². The quantitative estimate of drug-likeness (QED) is 0.440. The van der Waals surface area contributed by atoms with Crippen LogP contribution < -0.4 is 10.6 Å². The molecule has 37 heavy (non-hydrogen) atoms. The van der Waals surface area contributed by atoms with Gasteiger partial charge < -0.3 is 25.4 Å². The zero-order chi connectivity index (χ0) is 26.7. The Morgan fingerprint density at radius 3 is 2.84 bits per heavy atom. The Kier molecular flexibility index (Phi) is 7.26. The Morgan fingerprint density at radius 2 is 2.14 bits per heavy atom. The normalized spacial score (nSPS) is 16.3. The minimum atomic E-state index is -1.67. The number of nitrogens with one attached hydrogen (secondary N) is 2. The van der Waals surface area contributed by atoms with Gasteiger partial charge in [-0.3, -0.25) is 9.78 Å². The molecule has 194 valence electrons. The number of halogens is 1. The van der Waals surface area contributed by atoms with Gasteiger partial charge >= 0.3 is 6.09 Å². The number of amides is 2. The second kappa shape index (κ2) is 10.4. The van der Waals surface area contributed by atoms with Gasteiger partial charge in [0.05, 0.1) is 59.2 Å². The summed E-state index contributed by atoms with van der Waals surface area (Å²) >= 11 is 0. The Labute approximate surface area is 212 Å². The van der Waals surface area contributed by atoms with Crippen molar-refractivity contribution in [1.82, 2.24) is 24.8 Å². The van der Waals surface area contributed by atoms with Gasteiger partial charge in [0.15, 0.2) is 0 Å². The number of nitrogens with zero attached hydrogens (tertiary/aromatic N) is 5. The first-order valence-electron chi connectivity index (χ1n) is 11.7. The molecule has 4 heterocycles. The van der Waals surface area contributed by atoms with Crippen molar-refractivity contribution in [3.8, 4) is 17.5 Å². The van der Waals surface area contributed by atoms with Crippen LogP contribution in [0.1, 0.15) is 36.2 Å². The van der Waals surface area contributed by atoms with E-state index in [4.69, 9.17) is 10.00 Å². The monoisotopic (exact) mass is 509 g/mol. The van der Waals surface area contributed by atoms with Gasteiger partial charge in [-0.1, -0.05) is 0 Å². The first-order valence-corrected chi connectivity index (χ1v) is 11.7. The van der Waals surface area contributed by atoms with Gasteiger partial charge in [0.2, 0.25) is 0 Å². The number of pyridine rings is 1. The van der Waals surface area contributed by atoms with Crippen molar-refractivity contribution in [2.45, 2.75) is 38.1 Å². The van der Waals surface area contributed by atoms with Gasteiger partial charge in [-0.2, -0.15) is 10.4 Å². The lowest BCUT2D eigenvalue weighted by Crippen LogP contribution is -2.42. The number of aromatic nitrogens is 3. The van der Waals surface area contributed by atoms with Gasteiger partial charge in [0.25, 0.3) is 5.91 Å². The van der Waals surface area contributed by atoms with Gasteiger partial charge in [0, 0.05) is 25.3 Å². The number of methoxy groups -OCH3 is 1. The molecule has 1 fully saturated rings. The van der Waals surface area contributed by atoms with E-state index >= 15 is 0 Å². The molecule has 3 aromatic heterocycles. The topological polar surface area (TPSA) is 145 Å². The molecule has 0 radical (unpaired) electrons. The van der Waals surface area contributed by atoms with Crippen LogP contribution in [0.3, 0.4) is 0 Å². The Bertz CT molecular complexity index is 1360. The molecule has 1 aliphatic rings. The first-order chi connectivity index (χ1) is 17.6. The fraction of sp³-hybridized carbons (Fsp3) is 0.400. The molecule has 11 nitrogen and oxygen atoms in total. The van der Waals surface area contributed by atoms with Crippen LogP contribution in [-0.2, 0) is 4.74 Å². The summed E-state index contributed by atoms with van der Waals surface area (Å²) in [7, 11) is 1.32. The summed E-state index contributed by atoms with van der Waals surface area (Å²) in [5, 5.41) is 29.1. The highest BCUT2D eigenvalue weighted by Gasteiger charge is 2.29. The van der Waals surface area contributed by atoms with Crippen LogP contribution in [-0.4, -0.2) is 81.2 Å². The zero-order valence-electron chi connectivity index (χ0n) is 20.7. The molecular weight excluding hydrogens is 481 g/mol.